The van der Waals surface area contributed by atoms with Crippen molar-refractivity contribution in [2.45, 2.75) is 13.3 Å². The number of carbonyl (C=O) groups excluding carboxylic acids is 2. The molecule has 0 aliphatic heterocycles. The molecule has 0 atom stereocenters. The second-order valence-electron chi connectivity index (χ2n) is 5.73. The van der Waals surface area contributed by atoms with Crippen LogP contribution in [-0.4, -0.2) is 47.7 Å². The molecule has 0 heterocycles. The number of ether oxygens (including phenoxy) is 3. The van der Waals surface area contributed by atoms with Crippen molar-refractivity contribution in [1.82, 2.24) is 0 Å². The van der Waals surface area contributed by atoms with Gasteiger partial charge in [-0.3, -0.25) is 20.2 Å². The first-order valence-electron chi connectivity index (χ1n) is 8.71. The van der Waals surface area contributed by atoms with Gasteiger partial charge in [0.1, 0.15) is 0 Å². The summed E-state index contributed by atoms with van der Waals surface area (Å²) in [7, 11) is 2.43. The molecule has 0 aromatic heterocycles. The quantitative estimate of drug-likeness (QED) is 0.386. The summed E-state index contributed by atoms with van der Waals surface area (Å²) in [6.07, 6.45) is 0.722. The number of nitro benzene ring substituents is 2. The first-order chi connectivity index (χ1) is 14.7. The Labute approximate surface area is 176 Å². The molecule has 0 unspecified atom stereocenters. The van der Waals surface area contributed by atoms with E-state index in [-0.39, 0.29) is 22.6 Å². The molecule has 0 aliphatic carbocycles. The van der Waals surface area contributed by atoms with Crippen LogP contribution in [-0.2, 0) is 9.47 Å². The Morgan fingerprint density at radius 1 is 0.903 bits per heavy atom. The lowest BCUT2D eigenvalue weighted by Crippen LogP contribution is -2.04. The molecule has 0 aliphatic rings. The average molecular weight is 436 g/mol. The summed E-state index contributed by atoms with van der Waals surface area (Å²) in [6, 6.07) is 7.13. The number of carbonyl (C=O) groups is 2. The molecule has 0 spiro atoms. The molecule has 0 radical (unpaired) electrons. The van der Waals surface area contributed by atoms with Crippen LogP contribution in [0.5, 0.6) is 11.5 Å². The van der Waals surface area contributed by atoms with E-state index in [9.17, 15) is 29.8 Å². The number of aromatic hydroxyl groups is 1. The summed E-state index contributed by atoms with van der Waals surface area (Å²) < 4.78 is 14.1. The van der Waals surface area contributed by atoms with Crippen LogP contribution in [0.1, 0.15) is 34.1 Å². The lowest BCUT2D eigenvalue weighted by Gasteiger charge is -2.06. The highest BCUT2D eigenvalue weighted by atomic mass is 16.6. The van der Waals surface area contributed by atoms with Crippen molar-refractivity contribution >= 4 is 23.3 Å². The molecule has 2 aromatic carbocycles. The Bertz CT molecular complexity index is 974. The Hall–Kier alpha value is -4.22. The van der Waals surface area contributed by atoms with Gasteiger partial charge in [0, 0.05) is 24.3 Å². The summed E-state index contributed by atoms with van der Waals surface area (Å²) in [4.78, 5) is 42.0. The van der Waals surface area contributed by atoms with E-state index in [0.717, 1.165) is 18.6 Å². The maximum Gasteiger partial charge on any atom is 0.337 e. The van der Waals surface area contributed by atoms with Gasteiger partial charge >= 0.3 is 23.3 Å². The van der Waals surface area contributed by atoms with E-state index in [2.05, 4.69) is 9.47 Å². The molecule has 2 aromatic rings. The summed E-state index contributed by atoms with van der Waals surface area (Å²) in [5.74, 6) is -1.69. The molecule has 12 heteroatoms. The lowest BCUT2D eigenvalue weighted by atomic mass is 10.2. The molecule has 2 rings (SSSR count). The molecular formula is C19H20N2O10. The van der Waals surface area contributed by atoms with Gasteiger partial charge in [-0.1, -0.05) is 6.92 Å². The summed E-state index contributed by atoms with van der Waals surface area (Å²) in [5.41, 5.74) is -0.316. The minimum Gasteiger partial charge on any atom is -0.502 e. The molecule has 0 saturated carbocycles. The van der Waals surface area contributed by atoms with Crippen molar-refractivity contribution in [2.24, 2.45) is 0 Å². The highest BCUT2D eigenvalue weighted by molar-refractivity contribution is 5.90. The van der Waals surface area contributed by atoms with E-state index in [0.29, 0.717) is 6.61 Å². The number of methoxy groups -OCH3 is 2. The maximum absolute atomic E-state index is 11.3. The first-order valence-corrected chi connectivity index (χ1v) is 8.71. The number of esters is 2. The van der Waals surface area contributed by atoms with Gasteiger partial charge in [0.05, 0.1) is 41.8 Å². The second-order valence-corrected chi connectivity index (χ2v) is 5.73. The van der Waals surface area contributed by atoms with Crippen molar-refractivity contribution in [3.05, 3.63) is 67.8 Å². The molecule has 1 N–H and O–H groups in total. The van der Waals surface area contributed by atoms with Crippen molar-refractivity contribution in [3.8, 4) is 11.5 Å². The van der Waals surface area contributed by atoms with E-state index in [1.165, 1.54) is 38.5 Å². The normalized spacial score (nSPS) is 9.65. The van der Waals surface area contributed by atoms with Crippen LogP contribution in [0.4, 0.5) is 11.4 Å². The van der Waals surface area contributed by atoms with Crippen molar-refractivity contribution in [3.63, 3.8) is 0 Å². The minimum atomic E-state index is -0.740. The van der Waals surface area contributed by atoms with Gasteiger partial charge in [0.15, 0.2) is 11.5 Å². The molecule has 0 fully saturated rings. The molecular weight excluding hydrogens is 416 g/mol. The van der Waals surface area contributed by atoms with Crippen LogP contribution >= 0.6 is 0 Å². The van der Waals surface area contributed by atoms with Gasteiger partial charge in [0.25, 0.3) is 0 Å². The van der Waals surface area contributed by atoms with Crippen LogP contribution in [0, 0.1) is 20.2 Å². The predicted octanol–water partition coefficient (Wildman–Crippen LogP) is 3.26. The number of hydrogen-bond donors (Lipinski definition) is 1. The third-order valence-corrected chi connectivity index (χ3v) is 3.63. The number of nitrogens with zero attached hydrogens (tertiary/aromatic N) is 2. The summed E-state index contributed by atoms with van der Waals surface area (Å²) in [5, 5.41) is 30.2. The fourth-order valence-electron chi connectivity index (χ4n) is 2.16. The number of phenols is 1. The standard InChI is InChI=1S/C11H13NO5.C8H7NO5/c1-3-6-17-10-7-8(11(13)16-2)4-5-9(10)12(14)15;1-14-8(11)5-2-3-6(9(12)13)7(10)4-5/h4-5,7H,3,6H2,1-2H3;2-4,10H,1H3. The van der Waals surface area contributed by atoms with Gasteiger partial charge in [-0.15, -0.1) is 0 Å². The minimum absolute atomic E-state index is 0.0654. The van der Waals surface area contributed by atoms with Crippen molar-refractivity contribution < 1.29 is 38.8 Å². The van der Waals surface area contributed by atoms with Crippen molar-refractivity contribution in [1.29, 1.82) is 0 Å². The molecule has 166 valence electrons. The first kappa shape index (κ1) is 24.8. The van der Waals surface area contributed by atoms with Gasteiger partial charge in [-0.2, -0.15) is 0 Å². The number of phenolic OH excluding ortho intramolecular Hbond substituents is 1. The smallest absolute Gasteiger partial charge is 0.337 e. The zero-order valence-corrected chi connectivity index (χ0v) is 16.9. The van der Waals surface area contributed by atoms with Gasteiger partial charge < -0.3 is 19.3 Å². The van der Waals surface area contributed by atoms with Gasteiger partial charge in [-0.05, 0) is 18.6 Å². The van der Waals surface area contributed by atoms with Crippen LogP contribution in [0.3, 0.4) is 0 Å². The number of benzene rings is 2. The predicted molar refractivity (Wildman–Crippen MR) is 106 cm³/mol. The topological polar surface area (TPSA) is 168 Å². The van der Waals surface area contributed by atoms with Crippen molar-refractivity contribution in [2.75, 3.05) is 20.8 Å². The SMILES string of the molecule is CCCOc1cc(C(=O)OC)ccc1[N+](=O)[O-].COC(=O)c1ccc([N+](=O)[O-])c(O)c1. The highest BCUT2D eigenvalue weighted by Crippen LogP contribution is 2.28. The number of hydrogen-bond acceptors (Lipinski definition) is 10. The Kier molecular flexibility index (Phi) is 9.37. The van der Waals surface area contributed by atoms with E-state index < -0.39 is 33.2 Å². The summed E-state index contributed by atoms with van der Waals surface area (Å²) >= 11 is 0. The fraction of sp³-hybridized carbons (Fsp3) is 0.263. The second kappa shape index (κ2) is 11.7. The third-order valence-electron chi connectivity index (χ3n) is 3.63. The van der Waals surface area contributed by atoms with E-state index in [1.807, 2.05) is 6.92 Å². The van der Waals surface area contributed by atoms with Crippen LogP contribution in [0.2, 0.25) is 0 Å². The van der Waals surface area contributed by atoms with Crippen LogP contribution < -0.4 is 4.74 Å². The Morgan fingerprint density at radius 2 is 1.39 bits per heavy atom. The van der Waals surface area contributed by atoms with Crippen LogP contribution in [0.15, 0.2) is 36.4 Å². The van der Waals surface area contributed by atoms with Gasteiger partial charge in [-0.25, -0.2) is 9.59 Å². The zero-order valence-electron chi connectivity index (χ0n) is 16.9. The lowest BCUT2D eigenvalue weighted by molar-refractivity contribution is -0.386. The van der Waals surface area contributed by atoms with Crippen LogP contribution in [0.25, 0.3) is 0 Å². The monoisotopic (exact) mass is 436 g/mol. The molecule has 0 amide bonds. The Balaban J connectivity index is 0.000000316. The van der Waals surface area contributed by atoms with E-state index in [4.69, 9.17) is 9.84 Å². The van der Waals surface area contributed by atoms with E-state index >= 15 is 0 Å². The third kappa shape index (κ3) is 6.96. The molecule has 0 bridgehead atoms. The maximum atomic E-state index is 11.3. The van der Waals surface area contributed by atoms with Gasteiger partial charge in [0.2, 0.25) is 0 Å². The summed E-state index contributed by atoms with van der Waals surface area (Å²) in [6.45, 7) is 2.24. The molecule has 0 saturated heterocycles. The molecule has 31 heavy (non-hydrogen) atoms. The number of nitro groups is 2. The number of rotatable bonds is 7. The zero-order chi connectivity index (χ0) is 23.6. The average Bonchev–Trinajstić information content (AvgIpc) is 2.76. The van der Waals surface area contributed by atoms with E-state index in [1.54, 1.807) is 0 Å². The Morgan fingerprint density at radius 3 is 1.81 bits per heavy atom. The fourth-order valence-corrected chi connectivity index (χ4v) is 2.16. The largest absolute Gasteiger partial charge is 0.502 e. The molecule has 12 nitrogen and oxygen atoms in total. The highest BCUT2D eigenvalue weighted by Gasteiger charge is 2.18.